The minimum Gasteiger partial charge on any atom is -0.481 e. The molecule has 0 aliphatic heterocycles. The molecule has 0 bridgehead atoms. The molecule has 2 N–H and O–H groups in total. The van der Waals surface area contributed by atoms with E-state index in [-0.39, 0.29) is 5.92 Å². The fraction of sp³-hybridized carbons (Fsp3) is 0.778. The summed E-state index contributed by atoms with van der Waals surface area (Å²) in [5.41, 5.74) is 0. The molecule has 0 saturated heterocycles. The summed E-state index contributed by atoms with van der Waals surface area (Å²) in [5.74, 6) is -1.33. The second kappa shape index (κ2) is 6.46. The molecule has 4 nitrogen and oxygen atoms in total. The van der Waals surface area contributed by atoms with Crippen molar-refractivity contribution in [2.75, 3.05) is 0 Å². The smallest absolute Gasteiger partial charge is 0.306 e. The molecule has 76 valence electrons. The van der Waals surface area contributed by atoms with Crippen molar-refractivity contribution in [3.63, 3.8) is 0 Å². The first kappa shape index (κ1) is 11.9. The summed E-state index contributed by atoms with van der Waals surface area (Å²) in [5, 5.41) is 16.1. The van der Waals surface area contributed by atoms with Gasteiger partial charge in [-0.3, -0.25) is 9.59 Å². The predicted molar refractivity (Wildman–Crippen MR) is 47.5 cm³/mol. The summed E-state index contributed by atoms with van der Waals surface area (Å²) < 4.78 is 0. The largest absolute Gasteiger partial charge is 0.481 e. The van der Waals surface area contributed by atoms with Crippen molar-refractivity contribution in [3.05, 3.63) is 0 Å². The summed E-state index contributed by atoms with van der Waals surface area (Å²) in [6, 6.07) is 0. The highest BCUT2D eigenvalue weighted by Crippen LogP contribution is 2.25. The van der Waals surface area contributed by atoms with Gasteiger partial charge in [0.15, 0.2) is 0 Å². The molecule has 1 saturated carbocycles. The van der Waals surface area contributed by atoms with Crippen LogP contribution in [0.2, 0.25) is 0 Å². The molecule has 0 aromatic rings. The Balaban J connectivity index is 0.000000226. The van der Waals surface area contributed by atoms with Gasteiger partial charge in [0.2, 0.25) is 0 Å². The van der Waals surface area contributed by atoms with E-state index in [0.717, 1.165) is 25.7 Å². The third kappa shape index (κ3) is 6.13. The maximum absolute atomic E-state index is 9.98. The van der Waals surface area contributed by atoms with E-state index in [2.05, 4.69) is 0 Å². The zero-order chi connectivity index (χ0) is 10.3. The number of hydrogen-bond donors (Lipinski definition) is 2. The van der Waals surface area contributed by atoms with Crippen LogP contribution in [-0.2, 0) is 9.59 Å². The van der Waals surface area contributed by atoms with Gasteiger partial charge in [-0.15, -0.1) is 0 Å². The highest BCUT2D eigenvalue weighted by Gasteiger charge is 2.23. The molecule has 13 heavy (non-hydrogen) atoms. The van der Waals surface area contributed by atoms with Gasteiger partial charge in [0.25, 0.3) is 0 Å². The van der Waals surface area contributed by atoms with Gasteiger partial charge in [-0.2, -0.15) is 0 Å². The van der Waals surface area contributed by atoms with Crippen LogP contribution in [0.15, 0.2) is 0 Å². The van der Waals surface area contributed by atoms with E-state index in [0.29, 0.717) is 6.42 Å². The molecule has 0 heterocycles. The molecular weight excluding hydrogens is 172 g/mol. The lowest BCUT2D eigenvalue weighted by Gasteiger charge is -2.19. The van der Waals surface area contributed by atoms with Crippen LogP contribution in [-0.4, -0.2) is 22.2 Å². The maximum Gasteiger partial charge on any atom is 0.306 e. The van der Waals surface area contributed by atoms with Gasteiger partial charge < -0.3 is 10.2 Å². The first-order valence-electron chi connectivity index (χ1n) is 4.52. The number of hydrogen-bond acceptors (Lipinski definition) is 2. The normalized spacial score (nSPS) is 15.2. The van der Waals surface area contributed by atoms with Crippen molar-refractivity contribution in [3.8, 4) is 0 Å². The molecular formula is C9H16O4. The van der Waals surface area contributed by atoms with Gasteiger partial charge in [-0.25, -0.2) is 0 Å². The van der Waals surface area contributed by atoms with Crippen molar-refractivity contribution >= 4 is 11.9 Å². The predicted octanol–water partition coefficient (Wildman–Crippen LogP) is 1.74. The van der Waals surface area contributed by atoms with E-state index in [1.807, 2.05) is 6.92 Å². The number of carboxylic acid groups (broad SMARTS) is 2. The van der Waals surface area contributed by atoms with Gasteiger partial charge in [0.05, 0.1) is 5.92 Å². The number of carbonyl (C=O) groups is 2. The SMILES string of the molecule is CCCC(=O)O.O=C(O)C1CCC1. The van der Waals surface area contributed by atoms with Crippen molar-refractivity contribution in [1.29, 1.82) is 0 Å². The van der Waals surface area contributed by atoms with E-state index in [1.165, 1.54) is 0 Å². The van der Waals surface area contributed by atoms with Crippen LogP contribution in [0.1, 0.15) is 39.0 Å². The Morgan fingerprint density at radius 2 is 1.85 bits per heavy atom. The summed E-state index contributed by atoms with van der Waals surface area (Å²) in [6.45, 7) is 1.84. The maximum atomic E-state index is 9.98. The fourth-order valence-corrected chi connectivity index (χ4v) is 0.869. The Labute approximate surface area is 77.6 Å². The van der Waals surface area contributed by atoms with Crippen LogP contribution in [0.25, 0.3) is 0 Å². The van der Waals surface area contributed by atoms with Crippen LogP contribution < -0.4 is 0 Å². The topological polar surface area (TPSA) is 74.6 Å². The van der Waals surface area contributed by atoms with Crippen molar-refractivity contribution < 1.29 is 19.8 Å². The van der Waals surface area contributed by atoms with E-state index >= 15 is 0 Å². The van der Waals surface area contributed by atoms with E-state index in [9.17, 15) is 9.59 Å². The van der Waals surface area contributed by atoms with Crippen molar-refractivity contribution in [2.45, 2.75) is 39.0 Å². The third-order valence-electron chi connectivity index (χ3n) is 1.92. The second-order valence-corrected chi connectivity index (χ2v) is 3.11. The van der Waals surface area contributed by atoms with Gasteiger partial charge in [0.1, 0.15) is 0 Å². The summed E-state index contributed by atoms with van der Waals surface area (Å²) in [7, 11) is 0. The molecule has 0 aromatic carbocycles. The monoisotopic (exact) mass is 188 g/mol. The molecule has 1 aliphatic rings. The van der Waals surface area contributed by atoms with E-state index in [4.69, 9.17) is 10.2 Å². The first-order valence-corrected chi connectivity index (χ1v) is 4.52. The molecule has 0 atom stereocenters. The molecule has 0 amide bonds. The zero-order valence-corrected chi connectivity index (χ0v) is 7.82. The molecule has 0 aromatic heterocycles. The van der Waals surface area contributed by atoms with Crippen molar-refractivity contribution in [2.24, 2.45) is 5.92 Å². The summed E-state index contributed by atoms with van der Waals surface area (Å²) in [6.07, 6.45) is 3.93. The highest BCUT2D eigenvalue weighted by atomic mass is 16.4. The Morgan fingerprint density at radius 1 is 1.31 bits per heavy atom. The van der Waals surface area contributed by atoms with E-state index in [1.54, 1.807) is 0 Å². The quantitative estimate of drug-likeness (QED) is 0.707. The molecule has 0 unspecified atom stereocenters. The van der Waals surface area contributed by atoms with Crippen LogP contribution >= 0.6 is 0 Å². The Hall–Kier alpha value is -1.06. The molecule has 1 aliphatic carbocycles. The Bertz CT molecular complexity index is 172. The Morgan fingerprint density at radius 3 is 1.85 bits per heavy atom. The Kier molecular flexibility index (Phi) is 5.93. The molecule has 4 heteroatoms. The first-order chi connectivity index (χ1) is 6.07. The molecule has 0 radical (unpaired) electrons. The van der Waals surface area contributed by atoms with Gasteiger partial charge in [-0.05, 0) is 19.3 Å². The zero-order valence-electron chi connectivity index (χ0n) is 7.82. The van der Waals surface area contributed by atoms with Crippen molar-refractivity contribution in [1.82, 2.24) is 0 Å². The van der Waals surface area contributed by atoms with Gasteiger partial charge in [0, 0.05) is 6.42 Å². The lowest BCUT2D eigenvalue weighted by Crippen LogP contribution is -2.20. The standard InChI is InChI=1S/C5H8O2.C4H8O2/c6-5(7)4-2-1-3-4;1-2-3-4(5)6/h4H,1-3H2,(H,6,7);2-3H2,1H3,(H,5,6). The minimum atomic E-state index is -0.711. The fourth-order valence-electron chi connectivity index (χ4n) is 0.869. The van der Waals surface area contributed by atoms with Crippen LogP contribution in [0.3, 0.4) is 0 Å². The van der Waals surface area contributed by atoms with Gasteiger partial charge in [-0.1, -0.05) is 13.3 Å². The minimum absolute atomic E-state index is 0.000000000000000444. The lowest BCUT2D eigenvalue weighted by atomic mass is 9.86. The summed E-state index contributed by atoms with van der Waals surface area (Å²) >= 11 is 0. The van der Waals surface area contributed by atoms with Gasteiger partial charge >= 0.3 is 11.9 Å². The molecule has 1 rings (SSSR count). The molecule has 1 fully saturated rings. The molecule has 0 spiro atoms. The lowest BCUT2D eigenvalue weighted by molar-refractivity contribution is -0.144. The van der Waals surface area contributed by atoms with Crippen LogP contribution in [0, 0.1) is 5.92 Å². The third-order valence-corrected chi connectivity index (χ3v) is 1.92. The van der Waals surface area contributed by atoms with Crippen LogP contribution in [0.4, 0.5) is 0 Å². The average Bonchev–Trinajstić information content (AvgIpc) is 1.81. The number of carboxylic acids is 2. The average molecular weight is 188 g/mol. The number of aliphatic carboxylic acids is 2. The van der Waals surface area contributed by atoms with Crippen LogP contribution in [0.5, 0.6) is 0 Å². The van der Waals surface area contributed by atoms with E-state index < -0.39 is 11.9 Å². The number of rotatable bonds is 3. The summed E-state index contributed by atoms with van der Waals surface area (Å²) in [4.78, 5) is 19.6. The highest BCUT2D eigenvalue weighted by molar-refractivity contribution is 5.70. The second-order valence-electron chi connectivity index (χ2n) is 3.11.